The number of rotatable bonds is 2. The molecule has 2 fully saturated rings. The topological polar surface area (TPSA) is 58.4 Å². The van der Waals surface area contributed by atoms with Crippen molar-refractivity contribution in [2.75, 3.05) is 13.1 Å². The van der Waals surface area contributed by atoms with Crippen molar-refractivity contribution in [3.8, 4) is 10.6 Å². The van der Waals surface area contributed by atoms with E-state index >= 15 is 0 Å². The normalized spacial score (nSPS) is 24.5. The molecule has 2 atom stereocenters. The molecule has 1 N–H and O–H groups in total. The fourth-order valence-corrected chi connectivity index (χ4v) is 4.22. The van der Waals surface area contributed by atoms with Gasteiger partial charge in [0.15, 0.2) is 11.5 Å². The first kappa shape index (κ1) is 14.2. The summed E-state index contributed by atoms with van der Waals surface area (Å²) >= 11 is 7.34. The third-order valence-electron chi connectivity index (χ3n) is 4.36. The highest BCUT2D eigenvalue weighted by atomic mass is 35.5. The maximum Gasteiger partial charge on any atom is 0.276 e. The summed E-state index contributed by atoms with van der Waals surface area (Å²) in [6, 6.07) is 6.36. The molecule has 2 aromatic heterocycles. The monoisotopic (exact) mass is 337 g/mol. The number of halogens is 1. The van der Waals surface area contributed by atoms with Crippen LogP contribution in [-0.4, -0.2) is 41.1 Å². The summed E-state index contributed by atoms with van der Waals surface area (Å²) in [5, 5.41) is 7.52. The van der Waals surface area contributed by atoms with Gasteiger partial charge in [-0.2, -0.15) is 0 Å². The third kappa shape index (κ3) is 2.66. The molecular formula is C15H16ClN3O2S. The number of carbonyl (C=O) groups excluding carboxylic acids is 1. The van der Waals surface area contributed by atoms with Crippen molar-refractivity contribution >= 4 is 28.8 Å². The summed E-state index contributed by atoms with van der Waals surface area (Å²) in [7, 11) is 0. The van der Waals surface area contributed by atoms with E-state index in [0.29, 0.717) is 27.9 Å². The Morgan fingerprint density at radius 1 is 1.36 bits per heavy atom. The first-order valence-electron chi connectivity index (χ1n) is 7.47. The first-order chi connectivity index (χ1) is 10.7. The van der Waals surface area contributed by atoms with Gasteiger partial charge in [0.1, 0.15) is 0 Å². The Morgan fingerprint density at radius 3 is 3.05 bits per heavy atom. The molecule has 0 spiro atoms. The van der Waals surface area contributed by atoms with Crippen LogP contribution < -0.4 is 5.32 Å². The first-order valence-corrected chi connectivity index (χ1v) is 8.66. The number of thiophene rings is 1. The van der Waals surface area contributed by atoms with E-state index in [1.807, 2.05) is 17.0 Å². The Kier molecular flexibility index (Phi) is 3.68. The maximum atomic E-state index is 12.6. The highest BCUT2D eigenvalue weighted by molar-refractivity contribution is 7.19. The molecule has 2 bridgehead atoms. The highest BCUT2D eigenvalue weighted by Gasteiger charge is 2.32. The summed E-state index contributed by atoms with van der Waals surface area (Å²) in [5.41, 5.74) is 0.372. The average Bonchev–Trinajstić information content (AvgIpc) is 3.18. The zero-order valence-electron chi connectivity index (χ0n) is 11.9. The van der Waals surface area contributed by atoms with Gasteiger partial charge in [0.25, 0.3) is 5.91 Å². The second-order valence-corrected chi connectivity index (χ2v) is 7.57. The lowest BCUT2D eigenvalue weighted by Crippen LogP contribution is -2.39. The third-order valence-corrected chi connectivity index (χ3v) is 5.60. The summed E-state index contributed by atoms with van der Waals surface area (Å²) in [6.07, 6.45) is 3.37. The molecule has 0 saturated carbocycles. The Bertz CT molecular complexity index is 699. The van der Waals surface area contributed by atoms with Gasteiger partial charge in [0, 0.05) is 31.2 Å². The molecule has 2 unspecified atom stereocenters. The maximum absolute atomic E-state index is 12.6. The van der Waals surface area contributed by atoms with Crippen molar-refractivity contribution in [3.05, 3.63) is 28.2 Å². The second-order valence-electron chi connectivity index (χ2n) is 5.86. The van der Waals surface area contributed by atoms with Crippen molar-refractivity contribution in [1.82, 2.24) is 15.4 Å². The number of likely N-dealkylation sites (tertiary alicyclic amines) is 1. The molecule has 0 radical (unpaired) electrons. The number of fused-ring (bicyclic) bond motifs is 2. The number of aromatic nitrogens is 1. The summed E-state index contributed by atoms with van der Waals surface area (Å²) in [5.74, 6) is 0.543. The van der Waals surface area contributed by atoms with Crippen LogP contribution in [0.1, 0.15) is 29.8 Å². The second kappa shape index (κ2) is 5.68. The molecule has 2 aliphatic rings. The van der Waals surface area contributed by atoms with Crippen LogP contribution >= 0.6 is 22.9 Å². The smallest absolute Gasteiger partial charge is 0.276 e. The van der Waals surface area contributed by atoms with Crippen LogP contribution in [0, 0.1) is 0 Å². The van der Waals surface area contributed by atoms with Gasteiger partial charge in [-0.25, -0.2) is 0 Å². The number of nitrogens with one attached hydrogen (secondary N) is 1. The van der Waals surface area contributed by atoms with Crippen molar-refractivity contribution in [1.29, 1.82) is 0 Å². The van der Waals surface area contributed by atoms with Crippen LogP contribution in [0.2, 0.25) is 4.34 Å². The molecule has 4 rings (SSSR count). The number of hydrogen-bond donors (Lipinski definition) is 1. The Balaban J connectivity index is 1.52. The lowest BCUT2D eigenvalue weighted by Gasteiger charge is -2.23. The molecule has 0 aromatic carbocycles. The molecular weight excluding hydrogens is 322 g/mol. The van der Waals surface area contributed by atoms with E-state index in [1.165, 1.54) is 17.8 Å². The van der Waals surface area contributed by atoms with Gasteiger partial charge >= 0.3 is 0 Å². The predicted molar refractivity (Wildman–Crippen MR) is 85.3 cm³/mol. The molecule has 2 saturated heterocycles. The minimum absolute atomic E-state index is 0.0491. The van der Waals surface area contributed by atoms with Crippen LogP contribution in [0.15, 0.2) is 22.7 Å². The Hall–Kier alpha value is -1.37. The Labute approximate surface area is 137 Å². The molecule has 116 valence electrons. The van der Waals surface area contributed by atoms with Crippen LogP contribution in [-0.2, 0) is 0 Å². The minimum atomic E-state index is -0.0491. The SMILES string of the molecule is O=C(c1cc(-c2ccc(Cl)s2)on1)N1CCC2CCC(C1)N2. The summed E-state index contributed by atoms with van der Waals surface area (Å²) < 4.78 is 6.00. The number of amides is 1. The van der Waals surface area contributed by atoms with Gasteiger partial charge in [0.05, 0.1) is 9.21 Å². The number of hydrogen-bond acceptors (Lipinski definition) is 5. The van der Waals surface area contributed by atoms with Crippen LogP contribution in [0.3, 0.4) is 0 Å². The number of nitrogens with zero attached hydrogens (tertiary/aromatic N) is 2. The van der Waals surface area contributed by atoms with E-state index in [4.69, 9.17) is 16.1 Å². The molecule has 0 aliphatic carbocycles. The van der Waals surface area contributed by atoms with E-state index in [-0.39, 0.29) is 5.91 Å². The standard InChI is InChI=1S/C15H16ClN3O2S/c16-14-4-3-13(22-14)12-7-11(18-21-12)15(20)19-6-5-9-1-2-10(8-19)17-9/h3-4,7,9-10,17H,1-2,5-6,8H2. The van der Waals surface area contributed by atoms with Crippen molar-refractivity contribution in [3.63, 3.8) is 0 Å². The molecule has 7 heteroatoms. The molecule has 5 nitrogen and oxygen atoms in total. The van der Waals surface area contributed by atoms with E-state index in [9.17, 15) is 4.79 Å². The van der Waals surface area contributed by atoms with E-state index in [1.54, 1.807) is 6.07 Å². The zero-order valence-corrected chi connectivity index (χ0v) is 13.5. The largest absolute Gasteiger partial charge is 0.355 e. The average molecular weight is 338 g/mol. The quantitative estimate of drug-likeness (QED) is 0.915. The molecule has 1 amide bonds. The van der Waals surface area contributed by atoms with Gasteiger partial charge < -0.3 is 14.7 Å². The lowest BCUT2D eigenvalue weighted by molar-refractivity contribution is 0.0738. The molecule has 2 aromatic rings. The predicted octanol–water partition coefficient (Wildman–Crippen LogP) is 3.02. The van der Waals surface area contributed by atoms with Crippen LogP contribution in [0.4, 0.5) is 0 Å². The van der Waals surface area contributed by atoms with Crippen molar-refractivity contribution < 1.29 is 9.32 Å². The van der Waals surface area contributed by atoms with Gasteiger partial charge in [-0.05, 0) is 31.4 Å². The van der Waals surface area contributed by atoms with Crippen molar-refractivity contribution in [2.45, 2.75) is 31.3 Å². The van der Waals surface area contributed by atoms with Gasteiger partial charge in [-0.1, -0.05) is 16.8 Å². The highest BCUT2D eigenvalue weighted by Crippen LogP contribution is 2.31. The molecule has 2 aliphatic heterocycles. The van der Waals surface area contributed by atoms with Gasteiger partial charge in [-0.3, -0.25) is 4.79 Å². The molecule has 4 heterocycles. The van der Waals surface area contributed by atoms with Gasteiger partial charge in [0.2, 0.25) is 0 Å². The molecule has 22 heavy (non-hydrogen) atoms. The fraction of sp³-hybridized carbons (Fsp3) is 0.467. The van der Waals surface area contributed by atoms with E-state index < -0.39 is 0 Å². The summed E-state index contributed by atoms with van der Waals surface area (Å²) in [4.78, 5) is 15.4. The van der Waals surface area contributed by atoms with Gasteiger partial charge in [-0.15, -0.1) is 11.3 Å². The van der Waals surface area contributed by atoms with Crippen LogP contribution in [0.25, 0.3) is 10.6 Å². The van der Waals surface area contributed by atoms with Crippen molar-refractivity contribution in [2.24, 2.45) is 0 Å². The van der Waals surface area contributed by atoms with Crippen LogP contribution in [0.5, 0.6) is 0 Å². The summed E-state index contributed by atoms with van der Waals surface area (Å²) in [6.45, 7) is 1.53. The fourth-order valence-electron chi connectivity index (χ4n) is 3.23. The van der Waals surface area contributed by atoms with E-state index in [2.05, 4.69) is 10.5 Å². The zero-order chi connectivity index (χ0) is 15.1. The van der Waals surface area contributed by atoms with E-state index in [0.717, 1.165) is 30.8 Å². The minimum Gasteiger partial charge on any atom is -0.355 e. The lowest BCUT2D eigenvalue weighted by atomic mass is 10.1. The number of carbonyl (C=O) groups is 1. The Morgan fingerprint density at radius 2 is 2.23 bits per heavy atom.